The number of amides is 2. The van der Waals surface area contributed by atoms with Gasteiger partial charge in [0.15, 0.2) is 0 Å². The normalized spacial score (nSPS) is 19.0. The zero-order valence-corrected chi connectivity index (χ0v) is 29.6. The lowest BCUT2D eigenvalue weighted by Gasteiger charge is -2.47. The third-order valence-electron chi connectivity index (χ3n) is 9.36. The number of para-hydroxylation sites is 2. The van der Waals surface area contributed by atoms with Gasteiger partial charge in [0.1, 0.15) is 0 Å². The van der Waals surface area contributed by atoms with Crippen LogP contribution in [0.25, 0.3) is 42.9 Å². The average Bonchev–Trinajstić information content (AvgIpc) is 3.69. The standard InChI is InChI=1S/C40H40N4O2S2/c1-24-14-16-35(47-24)33-18-29(27-10-6-8-12-31(27)43-33)37(45)41-23-40(5)21-26(20-39(3,4)22-40)42-38(46)30-19-34(36-17-15-25(2)48-36)44-32-13-9-7-11-28(30)32/h6-19,26H,20-23H2,1-5H3,(H,41,45)(H,42,46)/t26-,40-/m1/s1. The van der Waals surface area contributed by atoms with Gasteiger partial charge in [-0.2, -0.15) is 0 Å². The molecule has 0 radical (unpaired) electrons. The largest absolute Gasteiger partial charge is 0.351 e. The topological polar surface area (TPSA) is 84.0 Å². The Labute approximate surface area is 289 Å². The summed E-state index contributed by atoms with van der Waals surface area (Å²) in [5.41, 5.74) is 4.27. The number of rotatable bonds is 7. The summed E-state index contributed by atoms with van der Waals surface area (Å²) in [5, 5.41) is 8.39. The van der Waals surface area contributed by atoms with Gasteiger partial charge in [0.2, 0.25) is 0 Å². The van der Waals surface area contributed by atoms with Gasteiger partial charge in [-0.25, -0.2) is 9.97 Å². The number of hydrogen-bond donors (Lipinski definition) is 2. The van der Waals surface area contributed by atoms with Crippen LogP contribution in [0.1, 0.15) is 70.5 Å². The molecule has 0 aliphatic heterocycles. The lowest BCUT2D eigenvalue weighted by Crippen LogP contribution is -2.50. The maximum atomic E-state index is 14.1. The van der Waals surface area contributed by atoms with Gasteiger partial charge in [0.05, 0.1) is 43.3 Å². The molecule has 6 nitrogen and oxygen atoms in total. The molecule has 2 amide bonds. The van der Waals surface area contributed by atoms with Gasteiger partial charge in [-0.15, -0.1) is 22.7 Å². The average molecular weight is 673 g/mol. The predicted molar refractivity (Wildman–Crippen MR) is 199 cm³/mol. The monoisotopic (exact) mass is 672 g/mol. The van der Waals surface area contributed by atoms with E-state index in [-0.39, 0.29) is 28.7 Å². The number of nitrogens with zero attached hydrogens (tertiary/aromatic N) is 2. The second-order valence-electron chi connectivity index (χ2n) is 14.4. The number of pyridine rings is 2. The first kappa shape index (κ1) is 32.2. The van der Waals surface area contributed by atoms with Crippen LogP contribution in [-0.4, -0.2) is 34.4 Å². The van der Waals surface area contributed by atoms with Gasteiger partial charge in [-0.05, 0) is 92.5 Å². The molecule has 0 bridgehead atoms. The summed E-state index contributed by atoms with van der Waals surface area (Å²) >= 11 is 3.36. The van der Waals surface area contributed by atoms with Gasteiger partial charge in [0.25, 0.3) is 11.8 Å². The van der Waals surface area contributed by atoms with E-state index in [9.17, 15) is 9.59 Å². The lowest BCUT2D eigenvalue weighted by atomic mass is 9.62. The van der Waals surface area contributed by atoms with Crippen molar-refractivity contribution in [1.29, 1.82) is 0 Å². The van der Waals surface area contributed by atoms with Crippen molar-refractivity contribution in [3.63, 3.8) is 0 Å². The molecular weight excluding hydrogens is 633 g/mol. The fraction of sp³-hybridized carbons (Fsp3) is 0.300. The second-order valence-corrected chi connectivity index (χ2v) is 17.0. The molecule has 4 heterocycles. The molecule has 1 aliphatic rings. The summed E-state index contributed by atoms with van der Waals surface area (Å²) in [7, 11) is 0. The highest BCUT2D eigenvalue weighted by molar-refractivity contribution is 7.15. The van der Waals surface area contributed by atoms with E-state index in [0.717, 1.165) is 62.2 Å². The van der Waals surface area contributed by atoms with Crippen molar-refractivity contribution < 1.29 is 9.59 Å². The van der Waals surface area contributed by atoms with Crippen LogP contribution in [-0.2, 0) is 0 Å². The summed E-state index contributed by atoms with van der Waals surface area (Å²) < 4.78 is 0. The Hall–Kier alpha value is -4.40. The first-order chi connectivity index (χ1) is 23.0. The number of aromatic nitrogens is 2. The van der Waals surface area contributed by atoms with Crippen LogP contribution >= 0.6 is 22.7 Å². The number of thiophene rings is 2. The first-order valence-electron chi connectivity index (χ1n) is 16.5. The van der Waals surface area contributed by atoms with Gasteiger partial charge in [-0.3, -0.25) is 9.59 Å². The van der Waals surface area contributed by atoms with Crippen molar-refractivity contribution in [2.45, 2.75) is 59.9 Å². The maximum Gasteiger partial charge on any atom is 0.252 e. The minimum absolute atomic E-state index is 0.0246. The highest BCUT2D eigenvalue weighted by atomic mass is 32.1. The van der Waals surface area contributed by atoms with Gasteiger partial charge in [-0.1, -0.05) is 57.2 Å². The number of hydrogen-bond acceptors (Lipinski definition) is 6. The van der Waals surface area contributed by atoms with Crippen LogP contribution in [0.15, 0.2) is 84.9 Å². The molecule has 0 saturated heterocycles. The molecule has 2 N–H and O–H groups in total. The van der Waals surface area contributed by atoms with Crippen molar-refractivity contribution >= 4 is 56.3 Å². The Morgan fingerprint density at radius 2 is 1.25 bits per heavy atom. The van der Waals surface area contributed by atoms with E-state index in [0.29, 0.717) is 17.7 Å². The predicted octanol–water partition coefficient (Wildman–Crippen LogP) is 9.60. The summed E-state index contributed by atoms with van der Waals surface area (Å²) in [5.74, 6) is -0.190. The number of fused-ring (bicyclic) bond motifs is 2. The molecule has 1 aliphatic carbocycles. The maximum absolute atomic E-state index is 14.1. The third kappa shape index (κ3) is 6.64. The fourth-order valence-electron chi connectivity index (χ4n) is 7.65. The molecular formula is C40H40N4O2S2. The summed E-state index contributed by atoms with van der Waals surface area (Å²) in [4.78, 5) is 42.2. The Balaban J connectivity index is 1.12. The Bertz CT molecular complexity index is 2180. The highest BCUT2D eigenvalue weighted by Gasteiger charge is 2.42. The highest BCUT2D eigenvalue weighted by Crippen LogP contribution is 2.46. The van der Waals surface area contributed by atoms with Crippen molar-refractivity contribution in [2.75, 3.05) is 6.54 Å². The number of benzene rings is 2. The summed E-state index contributed by atoms with van der Waals surface area (Å²) in [6.07, 6.45) is 2.56. The van der Waals surface area contributed by atoms with Crippen molar-refractivity contribution in [2.24, 2.45) is 10.8 Å². The zero-order valence-electron chi connectivity index (χ0n) is 28.0. The van der Waals surface area contributed by atoms with Crippen LogP contribution in [0, 0.1) is 24.7 Å². The molecule has 6 aromatic rings. The molecule has 7 rings (SSSR count). The number of aryl methyl sites for hydroxylation is 2. The SMILES string of the molecule is Cc1ccc(-c2cc(C(=O)NC[C@]3(C)C[C@H](NC(=O)c4cc(-c5ccc(C)s5)nc5ccccc45)CC(C)(C)C3)c3ccccc3n2)s1. The molecule has 1 saturated carbocycles. The van der Waals surface area contributed by atoms with Crippen LogP contribution in [0.2, 0.25) is 0 Å². The molecule has 2 aromatic carbocycles. The van der Waals surface area contributed by atoms with Crippen molar-refractivity contribution in [3.8, 4) is 21.1 Å². The van der Waals surface area contributed by atoms with Crippen LogP contribution < -0.4 is 10.6 Å². The Morgan fingerprint density at radius 3 is 1.77 bits per heavy atom. The van der Waals surface area contributed by atoms with Crippen LogP contribution in [0.5, 0.6) is 0 Å². The van der Waals surface area contributed by atoms with Crippen molar-refractivity contribution in [1.82, 2.24) is 20.6 Å². The molecule has 48 heavy (non-hydrogen) atoms. The van der Waals surface area contributed by atoms with E-state index < -0.39 is 0 Å². The molecule has 0 spiro atoms. The first-order valence-corrected chi connectivity index (χ1v) is 18.1. The second kappa shape index (κ2) is 12.6. The van der Waals surface area contributed by atoms with E-state index in [1.165, 1.54) is 9.75 Å². The smallest absolute Gasteiger partial charge is 0.252 e. The molecule has 2 atom stereocenters. The fourth-order valence-corrected chi connectivity index (χ4v) is 9.30. The van der Waals surface area contributed by atoms with E-state index in [4.69, 9.17) is 9.97 Å². The van der Waals surface area contributed by atoms with E-state index in [1.54, 1.807) is 22.7 Å². The summed E-state index contributed by atoms with van der Waals surface area (Å²) in [6.45, 7) is 11.4. The van der Waals surface area contributed by atoms with E-state index >= 15 is 0 Å². The minimum atomic E-state index is -0.216. The van der Waals surface area contributed by atoms with Gasteiger partial charge < -0.3 is 10.6 Å². The molecule has 8 heteroatoms. The van der Waals surface area contributed by atoms with Crippen LogP contribution in [0.4, 0.5) is 0 Å². The van der Waals surface area contributed by atoms with E-state index in [1.807, 2.05) is 60.7 Å². The molecule has 1 fully saturated rings. The van der Waals surface area contributed by atoms with Gasteiger partial charge >= 0.3 is 0 Å². The lowest BCUT2D eigenvalue weighted by molar-refractivity contribution is 0.0593. The number of carbonyl (C=O) groups excluding carboxylic acids is 2. The van der Waals surface area contributed by atoms with E-state index in [2.05, 4.69) is 69.5 Å². The Morgan fingerprint density at radius 1 is 0.729 bits per heavy atom. The number of carbonyl (C=O) groups is 2. The van der Waals surface area contributed by atoms with Gasteiger partial charge in [0, 0.05) is 33.1 Å². The zero-order chi connectivity index (χ0) is 33.6. The minimum Gasteiger partial charge on any atom is -0.351 e. The summed E-state index contributed by atoms with van der Waals surface area (Å²) in [6, 6.07) is 27.8. The Kier molecular flexibility index (Phi) is 8.42. The quantitative estimate of drug-likeness (QED) is 0.177. The third-order valence-corrected chi connectivity index (χ3v) is 11.4. The molecule has 0 unspecified atom stereocenters. The number of nitrogens with one attached hydrogen (secondary N) is 2. The van der Waals surface area contributed by atoms with Crippen molar-refractivity contribution in [3.05, 3.63) is 106 Å². The van der Waals surface area contributed by atoms with Crippen LogP contribution in [0.3, 0.4) is 0 Å². The molecule has 244 valence electrons. The molecule has 4 aromatic heterocycles.